The summed E-state index contributed by atoms with van der Waals surface area (Å²) in [6, 6.07) is 3.92. The van der Waals surface area contributed by atoms with E-state index in [1.54, 1.807) is 13.8 Å². The molecule has 9 nitrogen and oxygen atoms in total. The van der Waals surface area contributed by atoms with Crippen molar-refractivity contribution in [2.24, 2.45) is 0 Å². The molecule has 1 rings (SSSR count). The highest BCUT2D eigenvalue weighted by Gasteiger charge is 2.18. The van der Waals surface area contributed by atoms with Crippen LogP contribution in [0.1, 0.15) is 13.8 Å². The first-order valence-electron chi connectivity index (χ1n) is 7.07. The number of hydrogen-bond donors (Lipinski definition) is 1. The van der Waals surface area contributed by atoms with Crippen LogP contribution in [-0.2, 0) is 19.1 Å². The highest BCUT2D eigenvalue weighted by Crippen LogP contribution is 2.30. The summed E-state index contributed by atoms with van der Waals surface area (Å²) in [6.45, 7) is 3.51. The van der Waals surface area contributed by atoms with Crippen molar-refractivity contribution >= 4 is 23.3 Å². The number of esters is 2. The summed E-state index contributed by atoms with van der Waals surface area (Å²) in [7, 11) is 1.28. The van der Waals surface area contributed by atoms with Gasteiger partial charge in [0.2, 0.25) is 0 Å². The number of methoxy groups -OCH3 is 1. The Morgan fingerprint density at radius 2 is 1.92 bits per heavy atom. The average molecular weight is 338 g/mol. The molecule has 0 fully saturated rings. The van der Waals surface area contributed by atoms with Gasteiger partial charge in [-0.1, -0.05) is 0 Å². The molecule has 0 spiro atoms. The fourth-order valence-electron chi connectivity index (χ4n) is 1.72. The number of nitrogens with one attached hydrogen (secondary N) is 1. The molecule has 130 valence electrons. The van der Waals surface area contributed by atoms with Gasteiger partial charge < -0.3 is 19.5 Å². The Hall–Kier alpha value is -3.10. The fourth-order valence-corrected chi connectivity index (χ4v) is 1.72. The lowest BCUT2D eigenvalue weighted by atomic mass is 10.2. The monoisotopic (exact) mass is 338 g/mol. The van der Waals surface area contributed by atoms with E-state index in [2.05, 4.69) is 5.32 Å². The van der Waals surface area contributed by atoms with Gasteiger partial charge in [0.1, 0.15) is 5.70 Å². The summed E-state index contributed by atoms with van der Waals surface area (Å²) in [5, 5.41) is 13.6. The average Bonchev–Trinajstić information content (AvgIpc) is 2.54. The minimum absolute atomic E-state index is 0.00402. The molecule has 0 heterocycles. The summed E-state index contributed by atoms with van der Waals surface area (Å²) < 4.78 is 14.6. The van der Waals surface area contributed by atoms with Gasteiger partial charge in [0.05, 0.1) is 31.3 Å². The third-order valence-corrected chi connectivity index (χ3v) is 2.70. The topological polar surface area (TPSA) is 117 Å². The number of carbonyl (C=O) groups is 2. The minimum Gasteiger partial charge on any atom is -0.490 e. The van der Waals surface area contributed by atoms with Crippen molar-refractivity contribution in [3.05, 3.63) is 40.1 Å². The van der Waals surface area contributed by atoms with Gasteiger partial charge in [-0.15, -0.1) is 0 Å². The molecule has 9 heteroatoms. The first kappa shape index (κ1) is 18.9. The van der Waals surface area contributed by atoms with Crippen molar-refractivity contribution in [1.29, 1.82) is 0 Å². The van der Waals surface area contributed by atoms with Gasteiger partial charge in [0.15, 0.2) is 5.75 Å². The molecule has 0 aliphatic carbocycles. The van der Waals surface area contributed by atoms with Crippen LogP contribution in [0.4, 0.5) is 11.4 Å². The number of rotatable bonds is 8. The van der Waals surface area contributed by atoms with Crippen molar-refractivity contribution in [2.75, 3.05) is 25.6 Å². The zero-order valence-corrected chi connectivity index (χ0v) is 13.5. The van der Waals surface area contributed by atoms with Crippen LogP contribution in [0.5, 0.6) is 5.75 Å². The Kier molecular flexibility index (Phi) is 7.21. The molecule has 1 N–H and O–H groups in total. The highest BCUT2D eigenvalue weighted by molar-refractivity contribution is 5.98. The standard InChI is InChI=1S/C15H18N2O7/c1-4-23-14(18)9-11(15(19)24-5-2)16-10-6-7-12(17(20)21)13(8-10)22-3/h6-9,16H,4-5H2,1-3H3/b11-9+. The van der Waals surface area contributed by atoms with E-state index in [4.69, 9.17) is 14.2 Å². The quantitative estimate of drug-likeness (QED) is 0.331. The predicted octanol–water partition coefficient (Wildman–Crippen LogP) is 2.03. The molecule has 0 unspecified atom stereocenters. The molecule has 0 radical (unpaired) electrons. The van der Waals surface area contributed by atoms with Crippen LogP contribution in [0.3, 0.4) is 0 Å². The number of hydrogen-bond acceptors (Lipinski definition) is 8. The van der Waals surface area contributed by atoms with Crippen molar-refractivity contribution in [3.8, 4) is 5.75 Å². The zero-order valence-electron chi connectivity index (χ0n) is 13.5. The highest BCUT2D eigenvalue weighted by atomic mass is 16.6. The molecule has 0 atom stereocenters. The molecule has 0 aromatic heterocycles. The number of ether oxygens (including phenoxy) is 3. The Balaban J connectivity index is 3.12. The van der Waals surface area contributed by atoms with Gasteiger partial charge in [-0.25, -0.2) is 9.59 Å². The van der Waals surface area contributed by atoms with Gasteiger partial charge in [0.25, 0.3) is 0 Å². The second kappa shape index (κ2) is 9.13. The number of anilines is 1. The third kappa shape index (κ3) is 5.27. The van der Waals surface area contributed by atoms with Gasteiger partial charge in [0, 0.05) is 17.8 Å². The molecule has 0 saturated heterocycles. The summed E-state index contributed by atoms with van der Waals surface area (Å²) in [4.78, 5) is 33.8. The summed E-state index contributed by atoms with van der Waals surface area (Å²) in [5.74, 6) is -1.48. The van der Waals surface area contributed by atoms with Crippen LogP contribution in [0.25, 0.3) is 0 Å². The molecular weight excluding hydrogens is 320 g/mol. The molecular formula is C15H18N2O7. The van der Waals surface area contributed by atoms with E-state index < -0.39 is 16.9 Å². The van der Waals surface area contributed by atoms with Crippen LogP contribution in [0.2, 0.25) is 0 Å². The van der Waals surface area contributed by atoms with E-state index in [9.17, 15) is 19.7 Å². The second-order valence-corrected chi connectivity index (χ2v) is 4.30. The molecule has 0 bridgehead atoms. The maximum absolute atomic E-state index is 11.9. The number of nitro benzene ring substituents is 1. The van der Waals surface area contributed by atoms with Crippen molar-refractivity contribution < 1.29 is 28.7 Å². The van der Waals surface area contributed by atoms with Crippen LogP contribution in [-0.4, -0.2) is 37.2 Å². The van der Waals surface area contributed by atoms with E-state index in [-0.39, 0.29) is 30.3 Å². The fraction of sp³-hybridized carbons (Fsp3) is 0.333. The molecule has 0 aliphatic rings. The smallest absolute Gasteiger partial charge is 0.355 e. The number of nitro groups is 1. The summed E-state index contributed by atoms with van der Waals surface area (Å²) in [6.07, 6.45) is 0.954. The van der Waals surface area contributed by atoms with Gasteiger partial charge in [-0.2, -0.15) is 0 Å². The van der Waals surface area contributed by atoms with Gasteiger partial charge in [-0.05, 0) is 19.9 Å². The van der Waals surface area contributed by atoms with Gasteiger partial charge >= 0.3 is 17.6 Å². The Bertz CT molecular complexity index is 655. The molecule has 24 heavy (non-hydrogen) atoms. The largest absolute Gasteiger partial charge is 0.490 e. The molecule has 0 aliphatic heterocycles. The van der Waals surface area contributed by atoms with Crippen molar-refractivity contribution in [1.82, 2.24) is 0 Å². The van der Waals surface area contributed by atoms with E-state index in [1.165, 1.54) is 25.3 Å². The van der Waals surface area contributed by atoms with Crippen molar-refractivity contribution in [3.63, 3.8) is 0 Å². The first-order chi connectivity index (χ1) is 11.4. The SMILES string of the molecule is CCOC(=O)/C=C(/Nc1ccc([N+](=O)[O-])c(OC)c1)C(=O)OCC. The second-order valence-electron chi connectivity index (χ2n) is 4.30. The third-order valence-electron chi connectivity index (χ3n) is 2.70. The maximum Gasteiger partial charge on any atom is 0.355 e. The summed E-state index contributed by atoms with van der Waals surface area (Å²) >= 11 is 0. The molecule has 0 saturated carbocycles. The van der Waals surface area contributed by atoms with Crippen LogP contribution in [0, 0.1) is 10.1 Å². The molecule has 0 amide bonds. The lowest BCUT2D eigenvalue weighted by molar-refractivity contribution is -0.385. The zero-order chi connectivity index (χ0) is 18.1. The van der Waals surface area contributed by atoms with E-state index in [0.717, 1.165) is 6.08 Å². The van der Waals surface area contributed by atoms with E-state index >= 15 is 0 Å². The lowest BCUT2D eigenvalue weighted by Crippen LogP contribution is -2.17. The Morgan fingerprint density at radius 3 is 2.46 bits per heavy atom. The van der Waals surface area contributed by atoms with Crippen LogP contribution < -0.4 is 10.1 Å². The number of carbonyl (C=O) groups excluding carboxylic acids is 2. The molecule has 1 aromatic carbocycles. The number of benzene rings is 1. The van der Waals surface area contributed by atoms with Crippen molar-refractivity contribution in [2.45, 2.75) is 13.8 Å². The van der Waals surface area contributed by atoms with E-state index in [1.807, 2.05) is 0 Å². The van der Waals surface area contributed by atoms with Crippen LogP contribution in [0.15, 0.2) is 30.0 Å². The molecule has 1 aromatic rings. The maximum atomic E-state index is 11.9. The Morgan fingerprint density at radius 1 is 1.25 bits per heavy atom. The van der Waals surface area contributed by atoms with Gasteiger partial charge in [-0.3, -0.25) is 10.1 Å². The normalized spacial score (nSPS) is 10.7. The first-order valence-corrected chi connectivity index (χ1v) is 7.07. The van der Waals surface area contributed by atoms with Crippen LogP contribution >= 0.6 is 0 Å². The predicted molar refractivity (Wildman–Crippen MR) is 84.6 cm³/mol. The van der Waals surface area contributed by atoms with E-state index in [0.29, 0.717) is 5.69 Å². The summed E-state index contributed by atoms with van der Waals surface area (Å²) in [5.41, 5.74) is -0.0811. The number of nitrogens with zero attached hydrogens (tertiary/aromatic N) is 1. The minimum atomic E-state index is -0.761. The lowest BCUT2D eigenvalue weighted by Gasteiger charge is -2.11. The Labute approximate surface area is 138 Å².